The molecule has 0 saturated carbocycles. The first-order chi connectivity index (χ1) is 16.3. The largest absolute Gasteiger partial charge is 0.486 e. The average molecular weight is 436 g/mol. The Morgan fingerprint density at radius 1 is 0.909 bits per heavy atom. The zero-order chi connectivity index (χ0) is 22.5. The molecule has 3 aromatic heterocycles. The van der Waals surface area contributed by atoms with E-state index in [-0.39, 0.29) is 24.2 Å². The van der Waals surface area contributed by atoms with Crippen molar-refractivity contribution in [1.82, 2.24) is 20.4 Å². The van der Waals surface area contributed by atoms with E-state index < -0.39 is 0 Å². The second-order valence-corrected chi connectivity index (χ2v) is 7.42. The molecule has 1 unspecified atom stereocenters. The third-order valence-electron chi connectivity index (χ3n) is 5.19. The van der Waals surface area contributed by atoms with Gasteiger partial charge in [0.15, 0.2) is 11.5 Å². The van der Waals surface area contributed by atoms with Gasteiger partial charge in [-0.1, -0.05) is 41.6 Å². The smallest absolute Gasteiger partial charge is 0.274 e. The van der Waals surface area contributed by atoms with Crippen LogP contribution in [0.1, 0.15) is 33.4 Å². The van der Waals surface area contributed by atoms with Crippen molar-refractivity contribution < 1.29 is 14.1 Å². The van der Waals surface area contributed by atoms with Gasteiger partial charge in [-0.3, -0.25) is 14.8 Å². The van der Waals surface area contributed by atoms with E-state index in [0.29, 0.717) is 11.5 Å². The first-order valence-corrected chi connectivity index (χ1v) is 10.5. The molecule has 1 amide bonds. The number of pyridine rings is 2. The molecule has 0 fully saturated rings. The highest BCUT2D eigenvalue weighted by Gasteiger charge is 2.20. The van der Waals surface area contributed by atoms with Crippen LogP contribution in [0.15, 0.2) is 102 Å². The lowest BCUT2D eigenvalue weighted by molar-refractivity contribution is 0.0933. The molecule has 3 heterocycles. The number of fused-ring (bicyclic) bond motifs is 1. The number of hydrogen-bond donors (Lipinski definition) is 1. The van der Waals surface area contributed by atoms with E-state index >= 15 is 0 Å². The maximum Gasteiger partial charge on any atom is 0.274 e. The van der Waals surface area contributed by atoms with E-state index in [0.717, 1.165) is 22.0 Å². The Morgan fingerprint density at radius 3 is 2.58 bits per heavy atom. The second-order valence-electron chi connectivity index (χ2n) is 7.42. The van der Waals surface area contributed by atoms with Gasteiger partial charge in [0.2, 0.25) is 0 Å². The number of amides is 1. The van der Waals surface area contributed by atoms with Crippen LogP contribution in [0, 0.1) is 0 Å². The number of ether oxygens (including phenoxy) is 1. The van der Waals surface area contributed by atoms with Crippen molar-refractivity contribution >= 4 is 16.8 Å². The van der Waals surface area contributed by atoms with Crippen LogP contribution in [0.3, 0.4) is 0 Å². The molecule has 1 atom stereocenters. The van der Waals surface area contributed by atoms with Crippen LogP contribution in [0.25, 0.3) is 10.9 Å². The van der Waals surface area contributed by atoms with Gasteiger partial charge in [0.05, 0.1) is 11.6 Å². The van der Waals surface area contributed by atoms with Gasteiger partial charge < -0.3 is 14.6 Å². The molecule has 33 heavy (non-hydrogen) atoms. The summed E-state index contributed by atoms with van der Waals surface area (Å²) in [5.41, 5.74) is 2.95. The number of rotatable bonds is 7. The van der Waals surface area contributed by atoms with Crippen molar-refractivity contribution in [3.8, 4) is 5.75 Å². The lowest BCUT2D eigenvalue weighted by Crippen LogP contribution is -2.29. The Hall–Kier alpha value is -4.52. The van der Waals surface area contributed by atoms with Gasteiger partial charge in [-0.15, -0.1) is 0 Å². The van der Waals surface area contributed by atoms with Crippen molar-refractivity contribution in [3.05, 3.63) is 120 Å². The lowest BCUT2D eigenvalue weighted by atomic mass is 9.99. The number of benzene rings is 2. The zero-order valence-electron chi connectivity index (χ0n) is 17.6. The molecule has 0 aliphatic rings. The first kappa shape index (κ1) is 20.4. The molecular formula is C26H20N4O3. The van der Waals surface area contributed by atoms with E-state index in [9.17, 15) is 4.79 Å². The highest BCUT2D eigenvalue weighted by Crippen LogP contribution is 2.23. The van der Waals surface area contributed by atoms with Crippen LogP contribution < -0.4 is 10.1 Å². The fourth-order valence-electron chi connectivity index (χ4n) is 3.55. The van der Waals surface area contributed by atoms with Gasteiger partial charge in [-0.25, -0.2) is 0 Å². The van der Waals surface area contributed by atoms with E-state index in [1.54, 1.807) is 24.7 Å². The lowest BCUT2D eigenvalue weighted by Gasteiger charge is -2.19. The normalized spacial score (nSPS) is 11.8. The van der Waals surface area contributed by atoms with Gasteiger partial charge in [0, 0.05) is 30.0 Å². The highest BCUT2D eigenvalue weighted by molar-refractivity contribution is 5.92. The van der Waals surface area contributed by atoms with Crippen molar-refractivity contribution in [1.29, 1.82) is 0 Å². The summed E-state index contributed by atoms with van der Waals surface area (Å²) >= 11 is 0. The van der Waals surface area contributed by atoms with Crippen LogP contribution in [0.5, 0.6) is 5.75 Å². The molecule has 0 aliphatic carbocycles. The predicted octanol–water partition coefficient (Wildman–Crippen LogP) is 4.72. The van der Waals surface area contributed by atoms with Crippen molar-refractivity contribution in [3.63, 3.8) is 0 Å². The summed E-state index contributed by atoms with van der Waals surface area (Å²) in [6.07, 6.45) is 5.15. The van der Waals surface area contributed by atoms with E-state index in [1.165, 1.54) is 0 Å². The van der Waals surface area contributed by atoms with Crippen LogP contribution in [-0.4, -0.2) is 21.0 Å². The van der Waals surface area contributed by atoms with Gasteiger partial charge in [0.25, 0.3) is 5.91 Å². The monoisotopic (exact) mass is 436 g/mol. The van der Waals surface area contributed by atoms with Gasteiger partial charge in [-0.05, 0) is 47.5 Å². The van der Waals surface area contributed by atoms with Crippen molar-refractivity contribution in [2.75, 3.05) is 0 Å². The average Bonchev–Trinajstić information content (AvgIpc) is 3.36. The quantitative estimate of drug-likeness (QED) is 0.397. The Balaban J connectivity index is 1.28. The molecule has 0 radical (unpaired) electrons. The Kier molecular flexibility index (Phi) is 5.75. The van der Waals surface area contributed by atoms with Crippen LogP contribution in [0.4, 0.5) is 0 Å². The molecule has 5 rings (SSSR count). The molecule has 7 heteroatoms. The third kappa shape index (κ3) is 4.72. The second kappa shape index (κ2) is 9.32. The molecule has 0 aliphatic heterocycles. The minimum atomic E-state index is -0.343. The fourth-order valence-corrected chi connectivity index (χ4v) is 3.55. The molecule has 7 nitrogen and oxygen atoms in total. The van der Waals surface area contributed by atoms with E-state index in [1.807, 2.05) is 72.8 Å². The minimum Gasteiger partial charge on any atom is -0.486 e. The standard InChI is InChI=1S/C26H20N4O3/c31-26(29-25(18-5-2-1-3-6-18)19-10-13-27-14-11-19)24-16-22(33-30-24)17-32-21-8-9-23-20(15-21)7-4-12-28-23/h1-16,25H,17H2,(H,29,31). The van der Waals surface area contributed by atoms with Crippen LogP contribution in [-0.2, 0) is 6.61 Å². The molecule has 0 spiro atoms. The molecule has 5 aromatic rings. The molecule has 1 N–H and O–H groups in total. The highest BCUT2D eigenvalue weighted by atomic mass is 16.5. The summed E-state index contributed by atoms with van der Waals surface area (Å²) in [4.78, 5) is 21.3. The van der Waals surface area contributed by atoms with Gasteiger partial charge in [-0.2, -0.15) is 0 Å². The number of hydrogen-bond acceptors (Lipinski definition) is 6. The number of aromatic nitrogens is 3. The molecule has 0 saturated heterocycles. The summed E-state index contributed by atoms with van der Waals surface area (Å²) < 4.78 is 11.1. The van der Waals surface area contributed by atoms with E-state index in [2.05, 4.69) is 20.4 Å². The molecular weight excluding hydrogens is 416 g/mol. The molecule has 2 aromatic carbocycles. The number of nitrogens with zero attached hydrogens (tertiary/aromatic N) is 3. The zero-order valence-corrected chi connectivity index (χ0v) is 17.6. The number of carbonyl (C=O) groups is 1. The number of carbonyl (C=O) groups excluding carboxylic acids is 1. The summed E-state index contributed by atoms with van der Waals surface area (Å²) in [5.74, 6) is 0.791. The maximum absolute atomic E-state index is 12.9. The fraction of sp³-hybridized carbons (Fsp3) is 0.0769. The first-order valence-electron chi connectivity index (χ1n) is 10.5. The third-order valence-corrected chi connectivity index (χ3v) is 5.19. The van der Waals surface area contributed by atoms with E-state index in [4.69, 9.17) is 9.26 Å². The van der Waals surface area contributed by atoms with Crippen molar-refractivity contribution in [2.45, 2.75) is 12.6 Å². The SMILES string of the molecule is O=C(NC(c1ccccc1)c1ccncc1)c1cc(COc2ccc3ncccc3c2)on1. The predicted molar refractivity (Wildman–Crippen MR) is 123 cm³/mol. The Morgan fingerprint density at radius 2 is 1.73 bits per heavy atom. The maximum atomic E-state index is 12.9. The molecule has 162 valence electrons. The topological polar surface area (TPSA) is 90.1 Å². The number of nitrogens with one attached hydrogen (secondary N) is 1. The Labute approximate surface area is 190 Å². The van der Waals surface area contributed by atoms with Crippen LogP contribution in [0.2, 0.25) is 0 Å². The Bertz CT molecular complexity index is 1330. The minimum absolute atomic E-state index is 0.151. The molecule has 0 bridgehead atoms. The van der Waals surface area contributed by atoms with Crippen molar-refractivity contribution in [2.24, 2.45) is 0 Å². The summed E-state index contributed by atoms with van der Waals surface area (Å²) in [6, 6.07) is 24.2. The summed E-state index contributed by atoms with van der Waals surface area (Å²) in [6.45, 7) is 0.151. The van der Waals surface area contributed by atoms with Gasteiger partial charge >= 0.3 is 0 Å². The summed E-state index contributed by atoms with van der Waals surface area (Å²) in [5, 5.41) is 7.95. The summed E-state index contributed by atoms with van der Waals surface area (Å²) in [7, 11) is 0. The van der Waals surface area contributed by atoms with Crippen LogP contribution >= 0.6 is 0 Å². The van der Waals surface area contributed by atoms with Gasteiger partial charge in [0.1, 0.15) is 12.4 Å².